The first-order valence-electron chi connectivity index (χ1n) is 7.28. The van der Waals surface area contributed by atoms with E-state index in [2.05, 4.69) is 31.8 Å². The van der Waals surface area contributed by atoms with Gasteiger partial charge in [0.05, 0.1) is 5.69 Å². The van der Waals surface area contributed by atoms with Crippen molar-refractivity contribution in [2.75, 3.05) is 31.1 Å². The molecule has 0 aliphatic carbocycles. The Kier molecular flexibility index (Phi) is 3.98. The predicted molar refractivity (Wildman–Crippen MR) is 86.6 cm³/mol. The van der Waals surface area contributed by atoms with Crippen LogP contribution in [0.5, 0.6) is 0 Å². The van der Waals surface area contributed by atoms with Crippen LogP contribution >= 0.6 is 15.9 Å². The molecule has 3 rings (SSSR count). The van der Waals surface area contributed by atoms with Crippen LogP contribution in [-0.2, 0) is 0 Å². The van der Waals surface area contributed by atoms with Gasteiger partial charge < -0.3 is 10.6 Å². The van der Waals surface area contributed by atoms with Gasteiger partial charge in [0.1, 0.15) is 5.84 Å². The number of hydrogen-bond donors (Lipinski definition) is 2. The number of piperidine rings is 1. The average molecular weight is 337 g/mol. The molecule has 1 unspecified atom stereocenters. The number of benzene rings is 1. The zero-order valence-electron chi connectivity index (χ0n) is 11.6. The van der Waals surface area contributed by atoms with Gasteiger partial charge in [-0.25, -0.2) is 0 Å². The molecule has 108 valence electrons. The molecular formula is C15H21BrN4. The van der Waals surface area contributed by atoms with Gasteiger partial charge in [-0.2, -0.15) is 0 Å². The number of anilines is 1. The van der Waals surface area contributed by atoms with E-state index in [1.54, 1.807) is 0 Å². The molecule has 1 aromatic rings. The summed E-state index contributed by atoms with van der Waals surface area (Å²) in [7, 11) is 0. The van der Waals surface area contributed by atoms with Crippen molar-refractivity contribution in [3.8, 4) is 0 Å². The van der Waals surface area contributed by atoms with E-state index in [1.165, 1.54) is 31.5 Å². The van der Waals surface area contributed by atoms with Crippen molar-refractivity contribution in [1.82, 2.24) is 4.90 Å². The van der Waals surface area contributed by atoms with Gasteiger partial charge in [0.25, 0.3) is 0 Å². The number of nitrogens with one attached hydrogen (secondary N) is 1. The molecule has 0 aromatic heterocycles. The molecule has 2 aliphatic rings. The molecule has 1 aromatic carbocycles. The number of nitrogens with zero attached hydrogens (tertiary/aromatic N) is 2. The Bertz CT molecular complexity index is 517. The van der Waals surface area contributed by atoms with E-state index in [4.69, 9.17) is 11.1 Å². The van der Waals surface area contributed by atoms with Crippen molar-refractivity contribution in [3.05, 3.63) is 28.2 Å². The van der Waals surface area contributed by atoms with Gasteiger partial charge in [-0.15, -0.1) is 0 Å². The Labute approximate surface area is 128 Å². The molecule has 0 bridgehead atoms. The fraction of sp³-hybridized carbons (Fsp3) is 0.533. The zero-order chi connectivity index (χ0) is 14.1. The van der Waals surface area contributed by atoms with E-state index in [-0.39, 0.29) is 5.84 Å². The van der Waals surface area contributed by atoms with Crippen LogP contribution in [0.15, 0.2) is 22.7 Å². The monoisotopic (exact) mass is 336 g/mol. The SMILES string of the molecule is N=C(N)c1ccc(N2CCN3CCCCC3C2)c(Br)c1. The van der Waals surface area contributed by atoms with Gasteiger partial charge in [-0.1, -0.05) is 6.42 Å². The summed E-state index contributed by atoms with van der Waals surface area (Å²) in [5, 5.41) is 7.50. The highest BCUT2D eigenvalue weighted by atomic mass is 79.9. The summed E-state index contributed by atoms with van der Waals surface area (Å²) in [4.78, 5) is 5.10. The van der Waals surface area contributed by atoms with Gasteiger partial charge in [0.2, 0.25) is 0 Å². The molecule has 3 N–H and O–H groups in total. The largest absolute Gasteiger partial charge is 0.384 e. The van der Waals surface area contributed by atoms with Gasteiger partial charge in [-0.3, -0.25) is 10.3 Å². The summed E-state index contributed by atoms with van der Waals surface area (Å²) in [5.41, 5.74) is 7.54. The molecule has 0 radical (unpaired) electrons. The second kappa shape index (κ2) is 5.74. The number of amidine groups is 1. The summed E-state index contributed by atoms with van der Waals surface area (Å²) in [6.45, 7) is 4.61. The smallest absolute Gasteiger partial charge is 0.122 e. The minimum atomic E-state index is 0.120. The summed E-state index contributed by atoms with van der Waals surface area (Å²) >= 11 is 3.63. The number of nitrogens with two attached hydrogens (primary N) is 1. The van der Waals surface area contributed by atoms with Crippen molar-refractivity contribution >= 4 is 27.5 Å². The van der Waals surface area contributed by atoms with Crippen molar-refractivity contribution < 1.29 is 0 Å². The first-order chi connectivity index (χ1) is 9.65. The minimum Gasteiger partial charge on any atom is -0.384 e. The van der Waals surface area contributed by atoms with Crippen LogP contribution in [0.3, 0.4) is 0 Å². The molecule has 2 saturated heterocycles. The zero-order valence-corrected chi connectivity index (χ0v) is 13.2. The minimum absolute atomic E-state index is 0.120. The van der Waals surface area contributed by atoms with E-state index in [0.29, 0.717) is 6.04 Å². The van der Waals surface area contributed by atoms with Crippen LogP contribution in [-0.4, -0.2) is 43.0 Å². The Hall–Kier alpha value is -1.07. The molecule has 4 nitrogen and oxygen atoms in total. The molecule has 0 amide bonds. The molecular weight excluding hydrogens is 316 g/mol. The van der Waals surface area contributed by atoms with Gasteiger partial charge in [0, 0.05) is 35.7 Å². The number of piperazine rings is 1. The normalized spacial score (nSPS) is 23.4. The quantitative estimate of drug-likeness (QED) is 0.644. The molecule has 20 heavy (non-hydrogen) atoms. The molecule has 2 heterocycles. The summed E-state index contributed by atoms with van der Waals surface area (Å²) in [6, 6.07) is 6.68. The van der Waals surface area contributed by atoms with Crippen LogP contribution in [0.25, 0.3) is 0 Å². The Balaban J connectivity index is 1.78. The standard InChI is InChI=1S/C15H21BrN4/c16-13-9-11(15(17)18)4-5-14(13)20-8-7-19-6-2-1-3-12(19)10-20/h4-5,9,12H,1-3,6-8,10H2,(H3,17,18). The average Bonchev–Trinajstić information content (AvgIpc) is 2.46. The van der Waals surface area contributed by atoms with E-state index in [9.17, 15) is 0 Å². The lowest BCUT2D eigenvalue weighted by molar-refractivity contribution is 0.133. The Morgan fingerprint density at radius 3 is 2.85 bits per heavy atom. The third-order valence-electron chi connectivity index (χ3n) is 4.44. The fourth-order valence-corrected chi connectivity index (χ4v) is 3.94. The molecule has 5 heteroatoms. The van der Waals surface area contributed by atoms with E-state index < -0.39 is 0 Å². The highest BCUT2D eigenvalue weighted by molar-refractivity contribution is 9.10. The van der Waals surface area contributed by atoms with Crippen LogP contribution in [0.1, 0.15) is 24.8 Å². The van der Waals surface area contributed by atoms with Crippen molar-refractivity contribution in [3.63, 3.8) is 0 Å². The van der Waals surface area contributed by atoms with Gasteiger partial charge in [0.15, 0.2) is 0 Å². The lowest BCUT2D eigenvalue weighted by Crippen LogP contribution is -2.55. The topological polar surface area (TPSA) is 56.4 Å². The van der Waals surface area contributed by atoms with Gasteiger partial charge in [-0.05, 0) is 53.5 Å². The Morgan fingerprint density at radius 1 is 1.25 bits per heavy atom. The Morgan fingerprint density at radius 2 is 2.10 bits per heavy atom. The first-order valence-corrected chi connectivity index (χ1v) is 8.07. The maximum Gasteiger partial charge on any atom is 0.122 e. The highest BCUT2D eigenvalue weighted by Gasteiger charge is 2.29. The van der Waals surface area contributed by atoms with E-state index in [1.807, 2.05) is 12.1 Å². The van der Waals surface area contributed by atoms with E-state index >= 15 is 0 Å². The number of halogens is 1. The molecule has 2 fully saturated rings. The number of nitrogen functional groups attached to an aromatic ring is 1. The van der Waals surface area contributed by atoms with E-state index in [0.717, 1.165) is 29.7 Å². The third kappa shape index (κ3) is 2.69. The maximum absolute atomic E-state index is 7.50. The van der Waals surface area contributed by atoms with Crippen LogP contribution in [0, 0.1) is 5.41 Å². The summed E-state index contributed by atoms with van der Waals surface area (Å²) < 4.78 is 1.04. The second-order valence-electron chi connectivity index (χ2n) is 5.71. The molecule has 1 atom stereocenters. The molecule has 2 aliphatic heterocycles. The predicted octanol–water partition coefficient (Wildman–Crippen LogP) is 2.41. The number of hydrogen-bond acceptors (Lipinski definition) is 3. The summed E-state index contributed by atoms with van der Waals surface area (Å²) in [6.07, 6.45) is 4.03. The number of fused-ring (bicyclic) bond motifs is 1. The maximum atomic E-state index is 7.50. The van der Waals surface area contributed by atoms with Crippen molar-refractivity contribution in [1.29, 1.82) is 5.41 Å². The number of rotatable bonds is 2. The molecule has 0 saturated carbocycles. The lowest BCUT2D eigenvalue weighted by atomic mass is 9.99. The van der Waals surface area contributed by atoms with Crippen molar-refractivity contribution in [2.24, 2.45) is 5.73 Å². The first kappa shape index (κ1) is 13.9. The summed E-state index contributed by atoms with van der Waals surface area (Å²) in [5.74, 6) is 0.120. The van der Waals surface area contributed by atoms with Crippen LogP contribution < -0.4 is 10.6 Å². The highest BCUT2D eigenvalue weighted by Crippen LogP contribution is 2.31. The van der Waals surface area contributed by atoms with Crippen molar-refractivity contribution in [2.45, 2.75) is 25.3 Å². The van der Waals surface area contributed by atoms with Crippen LogP contribution in [0.4, 0.5) is 5.69 Å². The van der Waals surface area contributed by atoms with Crippen LogP contribution in [0.2, 0.25) is 0 Å². The molecule has 0 spiro atoms. The second-order valence-corrected chi connectivity index (χ2v) is 6.57. The van der Waals surface area contributed by atoms with Gasteiger partial charge >= 0.3 is 0 Å². The third-order valence-corrected chi connectivity index (χ3v) is 5.07. The fourth-order valence-electron chi connectivity index (χ4n) is 3.31. The lowest BCUT2D eigenvalue weighted by Gasteiger charge is -2.45.